The third-order valence-electron chi connectivity index (χ3n) is 5.72. The van der Waals surface area contributed by atoms with E-state index in [-0.39, 0.29) is 23.3 Å². The van der Waals surface area contributed by atoms with Crippen LogP contribution >= 0.6 is 0 Å². The van der Waals surface area contributed by atoms with Gasteiger partial charge in [0.1, 0.15) is 5.82 Å². The molecule has 1 unspecified atom stereocenters. The molecule has 0 saturated carbocycles. The van der Waals surface area contributed by atoms with E-state index in [1.807, 2.05) is 36.1 Å². The predicted molar refractivity (Wildman–Crippen MR) is 113 cm³/mol. The number of benzene rings is 2. The second kappa shape index (κ2) is 8.29. The van der Waals surface area contributed by atoms with Crippen LogP contribution in [0.25, 0.3) is 10.9 Å². The van der Waals surface area contributed by atoms with Crippen LogP contribution in [0.1, 0.15) is 23.7 Å². The number of aromatic nitrogens is 1. The number of carbonyl (C=O) groups excluding carboxylic acids is 1. The molecule has 1 atom stereocenters. The molecule has 2 aromatic carbocycles. The standard InChI is InChI=1S/C22H24FN3O3S/c1-16(22(27)20-15-24-21-6-3-2-5-19(20)21)25-11-4-12-26(14-13-25)30(28,29)18-9-7-17(23)8-10-18/h2-3,5-10,15-16,24H,4,11-14H2,1H3. The van der Waals surface area contributed by atoms with Gasteiger partial charge in [-0.05, 0) is 43.7 Å². The topological polar surface area (TPSA) is 73.5 Å². The zero-order valence-corrected chi connectivity index (χ0v) is 17.5. The number of ketones is 1. The Hall–Kier alpha value is -2.55. The lowest BCUT2D eigenvalue weighted by molar-refractivity contribution is 0.0847. The molecule has 1 fully saturated rings. The van der Waals surface area contributed by atoms with Crippen molar-refractivity contribution in [3.05, 3.63) is 66.1 Å². The van der Waals surface area contributed by atoms with E-state index >= 15 is 0 Å². The van der Waals surface area contributed by atoms with Crippen LogP contribution in [-0.2, 0) is 10.0 Å². The number of halogens is 1. The fraction of sp³-hybridized carbons (Fsp3) is 0.318. The van der Waals surface area contributed by atoms with E-state index in [0.717, 1.165) is 23.0 Å². The maximum atomic E-state index is 13.2. The van der Waals surface area contributed by atoms with Crippen molar-refractivity contribution in [3.63, 3.8) is 0 Å². The first kappa shape index (κ1) is 20.7. The summed E-state index contributed by atoms with van der Waals surface area (Å²) in [6, 6.07) is 12.2. The van der Waals surface area contributed by atoms with Gasteiger partial charge in [0.2, 0.25) is 10.0 Å². The largest absolute Gasteiger partial charge is 0.360 e. The second-order valence-electron chi connectivity index (χ2n) is 7.54. The molecule has 0 radical (unpaired) electrons. The third kappa shape index (κ3) is 3.90. The molecule has 6 nitrogen and oxygen atoms in total. The minimum atomic E-state index is -3.69. The van der Waals surface area contributed by atoms with Gasteiger partial charge in [-0.1, -0.05) is 18.2 Å². The molecule has 30 heavy (non-hydrogen) atoms. The SMILES string of the molecule is CC(C(=O)c1c[nH]c2ccccc12)N1CCCN(S(=O)(=O)c2ccc(F)cc2)CC1. The van der Waals surface area contributed by atoms with Gasteiger partial charge in [-0.3, -0.25) is 9.69 Å². The summed E-state index contributed by atoms with van der Waals surface area (Å²) in [5.74, 6) is -0.456. The van der Waals surface area contributed by atoms with E-state index in [1.165, 1.54) is 16.4 Å². The lowest BCUT2D eigenvalue weighted by Gasteiger charge is -2.26. The smallest absolute Gasteiger partial charge is 0.243 e. The van der Waals surface area contributed by atoms with Crippen LogP contribution in [0.15, 0.2) is 59.6 Å². The highest BCUT2D eigenvalue weighted by molar-refractivity contribution is 7.89. The van der Waals surface area contributed by atoms with Crippen LogP contribution in [0.2, 0.25) is 0 Å². The summed E-state index contributed by atoms with van der Waals surface area (Å²) in [4.78, 5) is 18.4. The highest BCUT2D eigenvalue weighted by Gasteiger charge is 2.30. The Kier molecular flexibility index (Phi) is 5.73. The Balaban J connectivity index is 1.48. The molecule has 1 N–H and O–H groups in total. The third-order valence-corrected chi connectivity index (χ3v) is 7.64. The first-order valence-electron chi connectivity index (χ1n) is 9.98. The van der Waals surface area contributed by atoms with Crippen molar-refractivity contribution in [2.45, 2.75) is 24.3 Å². The fourth-order valence-corrected chi connectivity index (χ4v) is 5.43. The second-order valence-corrected chi connectivity index (χ2v) is 9.47. The molecule has 1 aromatic heterocycles. The van der Waals surface area contributed by atoms with Gasteiger partial charge in [-0.25, -0.2) is 12.8 Å². The molecule has 3 aromatic rings. The van der Waals surface area contributed by atoms with E-state index in [0.29, 0.717) is 31.6 Å². The minimum Gasteiger partial charge on any atom is -0.360 e. The van der Waals surface area contributed by atoms with E-state index in [4.69, 9.17) is 0 Å². The van der Waals surface area contributed by atoms with E-state index < -0.39 is 15.8 Å². The number of H-pyrrole nitrogens is 1. The van der Waals surface area contributed by atoms with Gasteiger partial charge in [0.15, 0.2) is 5.78 Å². The average molecular weight is 430 g/mol. The number of hydrogen-bond acceptors (Lipinski definition) is 4. The Morgan fingerprint density at radius 1 is 1.03 bits per heavy atom. The summed E-state index contributed by atoms with van der Waals surface area (Å²) in [6.07, 6.45) is 2.36. The molecular formula is C22H24FN3O3S. The van der Waals surface area contributed by atoms with Gasteiger partial charge in [0, 0.05) is 48.8 Å². The Labute approximate surface area is 175 Å². The van der Waals surface area contributed by atoms with E-state index in [1.54, 1.807) is 6.20 Å². The summed E-state index contributed by atoms with van der Waals surface area (Å²) in [5, 5.41) is 0.893. The number of fused-ring (bicyclic) bond motifs is 1. The van der Waals surface area contributed by atoms with Gasteiger partial charge in [0.25, 0.3) is 0 Å². The van der Waals surface area contributed by atoms with Crippen molar-refractivity contribution in [3.8, 4) is 0 Å². The molecule has 0 spiro atoms. The van der Waals surface area contributed by atoms with Gasteiger partial charge in [-0.2, -0.15) is 4.31 Å². The Morgan fingerprint density at radius 2 is 1.77 bits per heavy atom. The molecule has 0 bridgehead atoms. The van der Waals surface area contributed by atoms with Crippen LogP contribution in [0.5, 0.6) is 0 Å². The number of hydrogen-bond donors (Lipinski definition) is 1. The van der Waals surface area contributed by atoms with Gasteiger partial charge in [0.05, 0.1) is 10.9 Å². The molecule has 1 aliphatic heterocycles. The lowest BCUT2D eigenvalue weighted by Crippen LogP contribution is -2.42. The number of aromatic amines is 1. The maximum absolute atomic E-state index is 13.2. The number of Topliss-reactive ketones (excluding diaryl/α,β-unsaturated/α-hetero) is 1. The molecule has 2 heterocycles. The van der Waals surface area contributed by atoms with Crippen molar-refractivity contribution < 1.29 is 17.6 Å². The van der Waals surface area contributed by atoms with Crippen molar-refractivity contribution in [2.24, 2.45) is 0 Å². The number of sulfonamides is 1. The Morgan fingerprint density at radius 3 is 2.53 bits per heavy atom. The van der Waals surface area contributed by atoms with E-state index in [9.17, 15) is 17.6 Å². The zero-order chi connectivity index (χ0) is 21.3. The van der Waals surface area contributed by atoms with Crippen LogP contribution in [0.4, 0.5) is 4.39 Å². The molecule has 1 saturated heterocycles. The summed E-state index contributed by atoms with van der Waals surface area (Å²) in [7, 11) is -3.69. The van der Waals surface area contributed by atoms with Crippen molar-refractivity contribution in [1.29, 1.82) is 0 Å². The Bertz CT molecular complexity index is 1160. The predicted octanol–water partition coefficient (Wildman–Crippen LogP) is 3.27. The van der Waals surface area contributed by atoms with Gasteiger partial charge >= 0.3 is 0 Å². The molecule has 8 heteroatoms. The molecular weight excluding hydrogens is 405 g/mol. The lowest BCUT2D eigenvalue weighted by atomic mass is 10.0. The first-order valence-corrected chi connectivity index (χ1v) is 11.4. The summed E-state index contributed by atoms with van der Waals surface area (Å²) < 4.78 is 40.4. The molecule has 0 amide bonds. The average Bonchev–Trinajstić information content (AvgIpc) is 3.01. The number of para-hydroxylation sites is 1. The van der Waals surface area contributed by atoms with Crippen LogP contribution in [0.3, 0.4) is 0 Å². The number of carbonyl (C=O) groups is 1. The van der Waals surface area contributed by atoms with E-state index in [2.05, 4.69) is 4.98 Å². The molecule has 158 valence electrons. The van der Waals surface area contributed by atoms with Crippen LogP contribution in [-0.4, -0.2) is 60.6 Å². The van der Waals surface area contributed by atoms with Gasteiger partial charge < -0.3 is 4.98 Å². The summed E-state index contributed by atoms with van der Waals surface area (Å²) in [5.41, 5.74) is 1.57. The number of nitrogens with one attached hydrogen (secondary N) is 1. The molecule has 4 rings (SSSR count). The molecule has 1 aliphatic rings. The maximum Gasteiger partial charge on any atom is 0.243 e. The summed E-state index contributed by atoms with van der Waals surface area (Å²) in [6.45, 7) is 3.60. The minimum absolute atomic E-state index is 0.0160. The van der Waals surface area contributed by atoms with Crippen molar-refractivity contribution in [1.82, 2.24) is 14.2 Å². The first-order chi connectivity index (χ1) is 14.4. The summed E-state index contributed by atoms with van der Waals surface area (Å²) >= 11 is 0. The van der Waals surface area contributed by atoms with Crippen LogP contribution < -0.4 is 0 Å². The van der Waals surface area contributed by atoms with Crippen LogP contribution in [0, 0.1) is 5.82 Å². The normalized spacial score (nSPS) is 17.7. The number of rotatable bonds is 5. The quantitative estimate of drug-likeness (QED) is 0.632. The van der Waals surface area contributed by atoms with Gasteiger partial charge in [-0.15, -0.1) is 0 Å². The van der Waals surface area contributed by atoms with Crippen molar-refractivity contribution >= 4 is 26.7 Å². The van der Waals surface area contributed by atoms with Crippen molar-refractivity contribution in [2.75, 3.05) is 26.2 Å². The zero-order valence-electron chi connectivity index (χ0n) is 16.7. The highest BCUT2D eigenvalue weighted by atomic mass is 32.2. The highest BCUT2D eigenvalue weighted by Crippen LogP contribution is 2.23. The molecule has 0 aliphatic carbocycles. The number of nitrogens with zero attached hydrogens (tertiary/aromatic N) is 2. The monoisotopic (exact) mass is 429 g/mol. The fourth-order valence-electron chi connectivity index (χ4n) is 3.96.